The van der Waals surface area contributed by atoms with Crippen molar-refractivity contribution in [3.63, 3.8) is 0 Å². The molecule has 10 nitrogen and oxygen atoms in total. The predicted molar refractivity (Wildman–Crippen MR) is 148 cm³/mol. The monoisotopic (exact) mass is 529 g/mol. The molecule has 1 aromatic carbocycles. The number of rotatable bonds is 12. The van der Waals surface area contributed by atoms with Crippen LogP contribution in [0.15, 0.2) is 61.7 Å². The van der Waals surface area contributed by atoms with Crippen molar-refractivity contribution < 1.29 is 14.3 Å². The van der Waals surface area contributed by atoms with Crippen molar-refractivity contribution in [1.29, 1.82) is 5.26 Å². The first-order valence-corrected chi connectivity index (χ1v) is 16.0. The van der Waals surface area contributed by atoms with Gasteiger partial charge >= 0.3 is 0 Å². The average molecular weight is 530 g/mol. The van der Waals surface area contributed by atoms with Crippen molar-refractivity contribution in [2.24, 2.45) is 0 Å². The van der Waals surface area contributed by atoms with Crippen LogP contribution in [-0.2, 0) is 22.8 Å². The van der Waals surface area contributed by atoms with E-state index < -0.39 is 8.07 Å². The highest BCUT2D eigenvalue weighted by atomic mass is 28.3. The number of aromatic nitrogens is 5. The Morgan fingerprint density at radius 3 is 2.87 bits per heavy atom. The second-order valence-corrected chi connectivity index (χ2v) is 15.6. The molecular formula is C27H31N7O3Si. The molecule has 0 fully saturated rings. The smallest absolute Gasteiger partial charge is 0.247 e. The van der Waals surface area contributed by atoms with Gasteiger partial charge in [-0.15, -0.1) is 0 Å². The molecular weight excluding hydrogens is 498 g/mol. The van der Waals surface area contributed by atoms with Crippen LogP contribution in [0, 0.1) is 11.3 Å². The molecule has 38 heavy (non-hydrogen) atoms. The lowest BCUT2D eigenvalue weighted by molar-refractivity contribution is -0.111. The summed E-state index contributed by atoms with van der Waals surface area (Å²) >= 11 is 0. The molecule has 4 rings (SSSR count). The fourth-order valence-corrected chi connectivity index (χ4v) is 4.43. The Morgan fingerprint density at radius 2 is 2.11 bits per heavy atom. The molecule has 0 bridgehead atoms. The van der Waals surface area contributed by atoms with Crippen LogP contribution in [0.5, 0.6) is 11.6 Å². The van der Waals surface area contributed by atoms with Crippen molar-refractivity contribution in [2.45, 2.75) is 45.4 Å². The highest BCUT2D eigenvalue weighted by Crippen LogP contribution is 2.31. The molecule has 0 radical (unpaired) electrons. The number of hydrogen-bond acceptors (Lipinski definition) is 7. The van der Waals surface area contributed by atoms with Crippen LogP contribution < -0.4 is 10.1 Å². The third-order valence-electron chi connectivity index (χ3n) is 5.68. The van der Waals surface area contributed by atoms with E-state index in [1.807, 2.05) is 17.0 Å². The lowest BCUT2D eigenvalue weighted by atomic mass is 10.2. The Hall–Kier alpha value is -4.27. The van der Waals surface area contributed by atoms with Crippen LogP contribution >= 0.6 is 0 Å². The summed E-state index contributed by atoms with van der Waals surface area (Å²) in [4.78, 5) is 21.1. The maximum atomic E-state index is 11.6. The van der Waals surface area contributed by atoms with Gasteiger partial charge < -0.3 is 19.4 Å². The molecule has 0 spiro atoms. The number of carbonyl (C=O) groups is 1. The number of anilines is 1. The second kappa shape index (κ2) is 11.8. The van der Waals surface area contributed by atoms with E-state index in [9.17, 15) is 4.79 Å². The maximum Gasteiger partial charge on any atom is 0.247 e. The highest BCUT2D eigenvalue weighted by Gasteiger charge is 2.17. The van der Waals surface area contributed by atoms with Crippen molar-refractivity contribution in [3.8, 4) is 28.8 Å². The van der Waals surface area contributed by atoms with E-state index in [0.29, 0.717) is 54.8 Å². The van der Waals surface area contributed by atoms with E-state index in [1.165, 1.54) is 6.08 Å². The number of carbonyl (C=O) groups excluding carboxylic acids is 1. The van der Waals surface area contributed by atoms with E-state index in [0.717, 1.165) is 17.2 Å². The minimum Gasteiger partial charge on any atom is -0.437 e. The number of nitriles is 1. The third kappa shape index (κ3) is 6.93. The first-order valence-electron chi connectivity index (χ1n) is 12.3. The van der Waals surface area contributed by atoms with Crippen LogP contribution in [0.3, 0.4) is 0 Å². The lowest BCUT2D eigenvalue weighted by Gasteiger charge is -2.15. The zero-order valence-electron chi connectivity index (χ0n) is 21.8. The van der Waals surface area contributed by atoms with E-state index >= 15 is 0 Å². The quantitative estimate of drug-likeness (QED) is 0.147. The van der Waals surface area contributed by atoms with Gasteiger partial charge in [0.15, 0.2) is 5.65 Å². The van der Waals surface area contributed by atoms with Gasteiger partial charge in [0.1, 0.15) is 18.0 Å². The van der Waals surface area contributed by atoms with Crippen LogP contribution in [0.2, 0.25) is 25.7 Å². The van der Waals surface area contributed by atoms with Gasteiger partial charge in [0.05, 0.1) is 31.4 Å². The number of nitrogens with one attached hydrogen (secondary N) is 1. The van der Waals surface area contributed by atoms with Crippen molar-refractivity contribution in [3.05, 3.63) is 61.7 Å². The van der Waals surface area contributed by atoms with Gasteiger partial charge in [0.2, 0.25) is 11.8 Å². The summed E-state index contributed by atoms with van der Waals surface area (Å²) in [5.74, 6) is 0.498. The minimum atomic E-state index is -1.21. The molecule has 11 heteroatoms. The first-order chi connectivity index (χ1) is 18.3. The molecule has 0 aliphatic carbocycles. The topological polar surface area (TPSA) is 120 Å². The van der Waals surface area contributed by atoms with Gasteiger partial charge in [-0.2, -0.15) is 10.4 Å². The maximum absolute atomic E-state index is 11.6. The van der Waals surface area contributed by atoms with Gasteiger partial charge in [-0.1, -0.05) is 32.3 Å². The predicted octanol–water partition coefficient (Wildman–Crippen LogP) is 5.44. The molecule has 196 valence electrons. The molecule has 4 aromatic rings. The molecule has 0 aliphatic rings. The SMILES string of the molecule is C=CC(=O)Nc1cccc(Oc2cnc3c(n2)c(-c2cnn(CCC#N)c2)cn3COCC[Si](C)(C)C)c1. The Labute approximate surface area is 222 Å². The molecule has 3 heterocycles. The van der Waals surface area contributed by atoms with Gasteiger partial charge in [-0.25, -0.2) is 9.97 Å². The summed E-state index contributed by atoms with van der Waals surface area (Å²) in [6.07, 6.45) is 8.75. The fraction of sp³-hybridized carbons (Fsp3) is 0.296. The molecule has 1 N–H and O–H groups in total. The zero-order valence-corrected chi connectivity index (χ0v) is 22.8. The lowest BCUT2D eigenvalue weighted by Crippen LogP contribution is -2.22. The Morgan fingerprint density at radius 1 is 1.26 bits per heavy atom. The molecule has 3 aromatic heterocycles. The van der Waals surface area contributed by atoms with Crippen LogP contribution in [0.25, 0.3) is 22.3 Å². The number of aryl methyl sites for hydroxylation is 1. The molecule has 0 atom stereocenters. The Balaban J connectivity index is 1.63. The number of benzene rings is 1. The summed E-state index contributed by atoms with van der Waals surface area (Å²) < 4.78 is 15.7. The summed E-state index contributed by atoms with van der Waals surface area (Å²) in [6.45, 7) is 12.0. The van der Waals surface area contributed by atoms with Crippen molar-refractivity contribution >= 4 is 30.8 Å². The van der Waals surface area contributed by atoms with E-state index in [1.54, 1.807) is 41.3 Å². The molecule has 0 saturated carbocycles. The number of amides is 1. The summed E-state index contributed by atoms with van der Waals surface area (Å²) in [5.41, 5.74) is 3.58. The molecule has 0 saturated heterocycles. The van der Waals surface area contributed by atoms with Gasteiger partial charge in [0, 0.05) is 50.0 Å². The normalized spacial score (nSPS) is 11.3. The third-order valence-corrected chi connectivity index (χ3v) is 7.38. The Kier molecular flexibility index (Phi) is 8.35. The highest BCUT2D eigenvalue weighted by molar-refractivity contribution is 6.76. The molecule has 0 aliphatic heterocycles. The second-order valence-electron chi connectivity index (χ2n) is 9.96. The summed E-state index contributed by atoms with van der Waals surface area (Å²) in [7, 11) is -1.21. The number of fused-ring (bicyclic) bond motifs is 1. The number of nitrogens with zero attached hydrogens (tertiary/aromatic N) is 6. The van der Waals surface area contributed by atoms with Crippen LogP contribution in [-0.4, -0.2) is 44.9 Å². The van der Waals surface area contributed by atoms with Crippen molar-refractivity contribution in [1.82, 2.24) is 24.3 Å². The number of hydrogen-bond donors (Lipinski definition) is 1. The average Bonchev–Trinajstić information content (AvgIpc) is 3.49. The van der Waals surface area contributed by atoms with Crippen LogP contribution in [0.4, 0.5) is 5.69 Å². The standard InChI is InChI=1S/C27H31N7O3Si/c1-5-24(35)31-21-8-6-9-22(14-21)37-25-16-29-27-26(32-25)23(20-15-30-34(17-20)11-7-10-28)18-33(27)19-36-12-13-38(2,3)4/h5-6,8-9,14-18H,1,7,11-13,19H2,2-4H3,(H,31,35). The summed E-state index contributed by atoms with van der Waals surface area (Å²) in [6, 6.07) is 10.2. The molecule has 1 amide bonds. The zero-order chi connectivity index (χ0) is 27.1. The largest absolute Gasteiger partial charge is 0.437 e. The van der Waals surface area contributed by atoms with Crippen LogP contribution in [0.1, 0.15) is 6.42 Å². The number of ether oxygens (including phenoxy) is 2. The van der Waals surface area contributed by atoms with Gasteiger partial charge in [-0.05, 0) is 24.3 Å². The molecule has 0 unspecified atom stereocenters. The van der Waals surface area contributed by atoms with E-state index in [2.05, 4.69) is 47.7 Å². The van der Waals surface area contributed by atoms with E-state index in [4.69, 9.17) is 19.7 Å². The minimum absolute atomic E-state index is 0.306. The van der Waals surface area contributed by atoms with E-state index in [-0.39, 0.29) is 5.91 Å². The summed E-state index contributed by atoms with van der Waals surface area (Å²) in [5, 5.41) is 16.0. The first kappa shape index (κ1) is 26.8. The van der Waals surface area contributed by atoms with Crippen molar-refractivity contribution in [2.75, 3.05) is 11.9 Å². The Bertz CT molecular complexity index is 1480. The fourth-order valence-electron chi connectivity index (χ4n) is 3.68. The van der Waals surface area contributed by atoms with Gasteiger partial charge in [0.25, 0.3) is 0 Å². The van der Waals surface area contributed by atoms with Gasteiger partial charge in [-0.3, -0.25) is 9.48 Å².